The van der Waals surface area contributed by atoms with E-state index in [1.165, 1.54) is 16.7 Å². The first-order chi connectivity index (χ1) is 10.5. The Morgan fingerprint density at radius 1 is 1.09 bits per heavy atom. The first kappa shape index (κ1) is 13.9. The van der Waals surface area contributed by atoms with Crippen molar-refractivity contribution in [3.8, 4) is 5.69 Å². The van der Waals surface area contributed by atoms with Crippen LogP contribution in [0.4, 0.5) is 8.78 Å². The molecule has 0 spiro atoms. The van der Waals surface area contributed by atoms with Gasteiger partial charge in [0.2, 0.25) is 5.43 Å². The van der Waals surface area contributed by atoms with Crippen LogP contribution in [-0.2, 0) is 0 Å². The molecule has 22 heavy (non-hydrogen) atoms. The van der Waals surface area contributed by atoms with Crippen molar-refractivity contribution in [2.75, 3.05) is 0 Å². The van der Waals surface area contributed by atoms with Gasteiger partial charge in [-0.1, -0.05) is 12.1 Å². The second-order valence-corrected chi connectivity index (χ2v) is 4.66. The molecule has 2 aromatic carbocycles. The normalized spacial score (nSPS) is 10.8. The molecule has 0 amide bonds. The number of carboxylic acids is 1. The number of fused-ring (bicyclic) bond motifs is 1. The van der Waals surface area contributed by atoms with E-state index >= 15 is 0 Å². The van der Waals surface area contributed by atoms with Crippen molar-refractivity contribution in [1.82, 2.24) is 4.57 Å². The molecule has 1 N–H and O–H groups in total. The first-order valence-corrected chi connectivity index (χ1v) is 6.32. The molecule has 3 aromatic rings. The molecule has 110 valence electrons. The number of rotatable bonds is 2. The molecule has 0 bridgehead atoms. The van der Waals surface area contributed by atoms with Gasteiger partial charge in [-0.25, -0.2) is 13.6 Å². The number of hydrogen-bond donors (Lipinski definition) is 1. The minimum atomic E-state index is -1.41. The standard InChI is InChI=1S/C16H9F2NO3/c17-9-5-6-14(12(18)7-9)19-8-11(16(21)22)15(20)10-3-1-2-4-13(10)19/h1-8H,(H,21,22). The van der Waals surface area contributed by atoms with E-state index in [2.05, 4.69) is 0 Å². The molecular weight excluding hydrogens is 292 g/mol. The molecule has 0 unspecified atom stereocenters. The van der Waals surface area contributed by atoms with Crippen molar-refractivity contribution in [2.45, 2.75) is 0 Å². The maximum Gasteiger partial charge on any atom is 0.341 e. The van der Waals surface area contributed by atoms with Crippen molar-refractivity contribution < 1.29 is 18.7 Å². The lowest BCUT2D eigenvalue weighted by Gasteiger charge is -2.13. The molecule has 0 saturated carbocycles. The van der Waals surface area contributed by atoms with Crippen LogP contribution in [0.1, 0.15) is 10.4 Å². The van der Waals surface area contributed by atoms with E-state index in [1.54, 1.807) is 18.2 Å². The third-order valence-electron chi connectivity index (χ3n) is 3.31. The van der Waals surface area contributed by atoms with E-state index in [1.807, 2.05) is 0 Å². The summed E-state index contributed by atoms with van der Waals surface area (Å²) in [6.07, 6.45) is 1.04. The molecule has 6 heteroatoms. The Morgan fingerprint density at radius 3 is 2.50 bits per heavy atom. The molecule has 0 aliphatic rings. The second kappa shape index (κ2) is 5.07. The molecule has 4 nitrogen and oxygen atoms in total. The predicted octanol–water partition coefficient (Wildman–Crippen LogP) is 2.97. The van der Waals surface area contributed by atoms with Crippen LogP contribution in [0.2, 0.25) is 0 Å². The van der Waals surface area contributed by atoms with Crippen molar-refractivity contribution in [1.29, 1.82) is 0 Å². The predicted molar refractivity (Wildman–Crippen MR) is 76.4 cm³/mol. The van der Waals surface area contributed by atoms with Crippen molar-refractivity contribution in [2.24, 2.45) is 0 Å². The van der Waals surface area contributed by atoms with Gasteiger partial charge in [0, 0.05) is 17.6 Å². The largest absolute Gasteiger partial charge is 0.477 e. The van der Waals surface area contributed by atoms with Gasteiger partial charge in [0.15, 0.2) is 0 Å². The number of para-hydroxylation sites is 1. The molecular formula is C16H9F2NO3. The van der Waals surface area contributed by atoms with Gasteiger partial charge in [-0.2, -0.15) is 0 Å². The third-order valence-corrected chi connectivity index (χ3v) is 3.31. The van der Waals surface area contributed by atoms with Gasteiger partial charge < -0.3 is 9.67 Å². The number of aromatic carboxylic acids is 1. The number of halogens is 2. The highest BCUT2D eigenvalue weighted by Gasteiger charge is 2.16. The Morgan fingerprint density at radius 2 is 1.82 bits per heavy atom. The lowest BCUT2D eigenvalue weighted by Crippen LogP contribution is -2.18. The second-order valence-electron chi connectivity index (χ2n) is 4.66. The number of aromatic nitrogens is 1. The lowest BCUT2D eigenvalue weighted by atomic mass is 10.1. The van der Waals surface area contributed by atoms with Crippen molar-refractivity contribution in [3.05, 3.63) is 76.1 Å². The highest BCUT2D eigenvalue weighted by molar-refractivity contribution is 5.93. The smallest absolute Gasteiger partial charge is 0.341 e. The van der Waals surface area contributed by atoms with Crippen LogP contribution < -0.4 is 5.43 Å². The summed E-state index contributed by atoms with van der Waals surface area (Å²) in [5, 5.41) is 9.29. The minimum Gasteiger partial charge on any atom is -0.477 e. The van der Waals surface area contributed by atoms with Crippen molar-refractivity contribution in [3.63, 3.8) is 0 Å². The monoisotopic (exact) mass is 301 g/mol. The van der Waals surface area contributed by atoms with E-state index in [9.17, 15) is 18.4 Å². The SMILES string of the molecule is O=C(O)c1cn(-c2ccc(F)cc2F)c2ccccc2c1=O. The van der Waals surface area contributed by atoms with Gasteiger partial charge >= 0.3 is 5.97 Å². The fourth-order valence-corrected chi connectivity index (χ4v) is 2.31. The van der Waals surface area contributed by atoms with Crippen LogP contribution in [0.25, 0.3) is 16.6 Å². The highest BCUT2D eigenvalue weighted by Crippen LogP contribution is 2.20. The van der Waals surface area contributed by atoms with Gasteiger partial charge in [-0.3, -0.25) is 4.79 Å². The summed E-state index contributed by atoms with van der Waals surface area (Å²) < 4.78 is 28.3. The number of pyridine rings is 1. The zero-order valence-electron chi connectivity index (χ0n) is 11.1. The molecule has 0 atom stereocenters. The van der Waals surface area contributed by atoms with Crippen molar-refractivity contribution >= 4 is 16.9 Å². The van der Waals surface area contributed by atoms with Gasteiger partial charge in [-0.15, -0.1) is 0 Å². The van der Waals surface area contributed by atoms with E-state index in [0.717, 1.165) is 12.3 Å². The molecule has 0 saturated heterocycles. The van der Waals surface area contributed by atoms with E-state index in [-0.39, 0.29) is 11.1 Å². The number of carbonyl (C=O) groups is 1. The first-order valence-electron chi connectivity index (χ1n) is 6.32. The number of hydrogen-bond acceptors (Lipinski definition) is 2. The Kier molecular flexibility index (Phi) is 3.21. The van der Waals surface area contributed by atoms with Gasteiger partial charge in [0.05, 0.1) is 11.2 Å². The zero-order chi connectivity index (χ0) is 15.9. The number of nitrogens with zero attached hydrogens (tertiary/aromatic N) is 1. The number of carboxylic acid groups (broad SMARTS) is 1. The fourth-order valence-electron chi connectivity index (χ4n) is 2.31. The van der Waals surface area contributed by atoms with Crippen LogP contribution in [0.5, 0.6) is 0 Å². The summed E-state index contributed by atoms with van der Waals surface area (Å²) in [7, 11) is 0. The summed E-state index contributed by atoms with van der Waals surface area (Å²) in [5.74, 6) is -3.01. The molecule has 0 fully saturated rings. The maximum atomic E-state index is 14.0. The Balaban J connectivity index is 2.45. The highest BCUT2D eigenvalue weighted by atomic mass is 19.1. The summed E-state index contributed by atoms with van der Waals surface area (Å²) >= 11 is 0. The average Bonchev–Trinajstić information content (AvgIpc) is 2.48. The zero-order valence-corrected chi connectivity index (χ0v) is 11.1. The molecule has 0 aliphatic heterocycles. The molecule has 1 aromatic heterocycles. The van der Waals surface area contributed by atoms with E-state index < -0.39 is 28.6 Å². The van der Waals surface area contributed by atoms with Gasteiger partial charge in [0.25, 0.3) is 0 Å². The van der Waals surface area contributed by atoms with Crippen LogP contribution in [0, 0.1) is 11.6 Å². The van der Waals surface area contributed by atoms with E-state index in [0.29, 0.717) is 11.6 Å². The molecule has 0 radical (unpaired) electrons. The summed E-state index contributed by atoms with van der Waals surface area (Å²) in [6.45, 7) is 0. The summed E-state index contributed by atoms with van der Waals surface area (Å²) in [6, 6.07) is 9.19. The quantitative estimate of drug-likeness (QED) is 0.791. The minimum absolute atomic E-state index is 0.0416. The van der Waals surface area contributed by atoms with Crippen LogP contribution >= 0.6 is 0 Å². The summed E-state index contributed by atoms with van der Waals surface area (Å²) in [4.78, 5) is 23.4. The van der Waals surface area contributed by atoms with Crippen LogP contribution in [0.3, 0.4) is 0 Å². The Hall–Kier alpha value is -3.02. The lowest BCUT2D eigenvalue weighted by molar-refractivity contribution is 0.0695. The fraction of sp³-hybridized carbons (Fsp3) is 0. The molecule has 1 heterocycles. The van der Waals surface area contributed by atoms with Gasteiger partial charge in [0.1, 0.15) is 17.2 Å². The molecule has 3 rings (SSSR count). The molecule has 0 aliphatic carbocycles. The maximum absolute atomic E-state index is 14.0. The van der Waals surface area contributed by atoms with Crippen LogP contribution in [0.15, 0.2) is 53.5 Å². The van der Waals surface area contributed by atoms with Gasteiger partial charge in [-0.05, 0) is 24.3 Å². The number of benzene rings is 2. The topological polar surface area (TPSA) is 59.3 Å². The van der Waals surface area contributed by atoms with E-state index in [4.69, 9.17) is 5.11 Å². The average molecular weight is 301 g/mol. The summed E-state index contributed by atoms with van der Waals surface area (Å²) in [5.41, 5.74) is -0.840. The van der Waals surface area contributed by atoms with Crippen LogP contribution in [-0.4, -0.2) is 15.6 Å². The Labute approximate surface area is 122 Å². The Bertz CT molecular complexity index is 963. The third kappa shape index (κ3) is 2.14.